The fraction of sp³-hybridized carbons (Fsp3) is 0.550. The number of pyridine rings is 1. The highest BCUT2D eigenvalue weighted by Crippen LogP contribution is 2.24. The monoisotopic (exact) mass is 374 g/mol. The van der Waals surface area contributed by atoms with Crippen molar-refractivity contribution in [1.82, 2.24) is 20.1 Å². The van der Waals surface area contributed by atoms with Gasteiger partial charge in [0, 0.05) is 29.9 Å². The Balaban J connectivity index is 0.000000817. The summed E-state index contributed by atoms with van der Waals surface area (Å²) in [6.45, 7) is 9.52. The van der Waals surface area contributed by atoms with Crippen LogP contribution in [0.2, 0.25) is 0 Å². The Kier molecular flexibility index (Phi) is 7.36. The molecule has 0 saturated carbocycles. The number of hydrogen-bond acceptors (Lipinski definition) is 4. The maximum absolute atomic E-state index is 11.1. The normalized spacial score (nSPS) is 15.8. The number of piperidine rings is 1. The van der Waals surface area contributed by atoms with Gasteiger partial charge in [-0.1, -0.05) is 26.8 Å². The molecular weight excluding hydrogens is 344 g/mol. The molecule has 0 bridgehead atoms. The average Bonchev–Trinajstić information content (AvgIpc) is 3.08. The third-order valence-corrected chi connectivity index (χ3v) is 4.87. The van der Waals surface area contributed by atoms with Crippen LogP contribution in [0.15, 0.2) is 29.2 Å². The number of aromatic nitrogens is 3. The first-order valence-corrected chi connectivity index (χ1v) is 9.34. The predicted octanol–water partition coefficient (Wildman–Crippen LogP) is 2.55. The molecule has 0 aromatic carbocycles. The third-order valence-electron chi connectivity index (χ3n) is 4.87. The molecule has 0 atom stereocenters. The molecule has 7 nitrogen and oxygen atoms in total. The van der Waals surface area contributed by atoms with Crippen molar-refractivity contribution in [2.24, 2.45) is 5.92 Å². The maximum Gasteiger partial charge on any atom is 0.290 e. The van der Waals surface area contributed by atoms with Gasteiger partial charge in [-0.15, -0.1) is 0 Å². The van der Waals surface area contributed by atoms with E-state index in [1.54, 1.807) is 6.07 Å². The van der Waals surface area contributed by atoms with E-state index in [2.05, 4.69) is 46.9 Å². The van der Waals surface area contributed by atoms with E-state index >= 15 is 0 Å². The van der Waals surface area contributed by atoms with Gasteiger partial charge >= 0.3 is 0 Å². The molecule has 3 N–H and O–H groups in total. The van der Waals surface area contributed by atoms with Gasteiger partial charge in [0.25, 0.3) is 6.47 Å². The van der Waals surface area contributed by atoms with E-state index in [9.17, 15) is 4.79 Å². The Labute approximate surface area is 159 Å². The molecule has 148 valence electrons. The smallest absolute Gasteiger partial charge is 0.290 e. The molecule has 1 aliphatic rings. The van der Waals surface area contributed by atoms with Crippen molar-refractivity contribution in [2.75, 3.05) is 13.1 Å². The summed E-state index contributed by atoms with van der Waals surface area (Å²) in [5, 5.41) is 14.5. The van der Waals surface area contributed by atoms with Gasteiger partial charge in [0.15, 0.2) is 0 Å². The van der Waals surface area contributed by atoms with Crippen LogP contribution >= 0.6 is 0 Å². The average molecular weight is 374 g/mol. The minimum absolute atomic E-state index is 0.0252. The van der Waals surface area contributed by atoms with E-state index in [-0.39, 0.29) is 17.4 Å². The molecule has 0 radical (unpaired) electrons. The highest BCUT2D eigenvalue weighted by molar-refractivity contribution is 5.32. The predicted molar refractivity (Wildman–Crippen MR) is 105 cm³/mol. The zero-order chi connectivity index (χ0) is 19.9. The molecule has 2 aromatic rings. The van der Waals surface area contributed by atoms with Crippen LogP contribution in [0.25, 0.3) is 0 Å². The largest absolute Gasteiger partial charge is 0.483 e. The molecular formula is C20H30N4O3. The lowest BCUT2D eigenvalue weighted by atomic mass is 9.90. The summed E-state index contributed by atoms with van der Waals surface area (Å²) in [5.74, 6) is 0.707. The van der Waals surface area contributed by atoms with Crippen LogP contribution in [-0.2, 0) is 23.2 Å². The number of likely N-dealkylation sites (tertiary alicyclic amines) is 1. The summed E-state index contributed by atoms with van der Waals surface area (Å²) in [5.41, 5.74) is 3.64. The summed E-state index contributed by atoms with van der Waals surface area (Å²) in [7, 11) is 0. The minimum atomic E-state index is -0.250. The highest BCUT2D eigenvalue weighted by Gasteiger charge is 2.22. The van der Waals surface area contributed by atoms with Gasteiger partial charge in [-0.25, -0.2) is 0 Å². The molecule has 0 amide bonds. The van der Waals surface area contributed by atoms with Crippen LogP contribution in [0.1, 0.15) is 50.6 Å². The van der Waals surface area contributed by atoms with Crippen molar-refractivity contribution < 1.29 is 9.90 Å². The van der Waals surface area contributed by atoms with Gasteiger partial charge in [0.2, 0.25) is 5.56 Å². The van der Waals surface area contributed by atoms with Gasteiger partial charge < -0.3 is 10.1 Å². The first kappa shape index (κ1) is 20.9. The van der Waals surface area contributed by atoms with Crippen LogP contribution in [0, 0.1) is 5.92 Å². The topological polar surface area (TPSA) is 102 Å². The number of H-pyrrole nitrogens is 2. The van der Waals surface area contributed by atoms with Gasteiger partial charge in [-0.2, -0.15) is 5.10 Å². The molecule has 0 aliphatic carbocycles. The zero-order valence-electron chi connectivity index (χ0n) is 16.4. The molecule has 27 heavy (non-hydrogen) atoms. The first-order chi connectivity index (χ1) is 12.8. The lowest BCUT2D eigenvalue weighted by molar-refractivity contribution is -0.122. The Hall–Kier alpha value is -2.41. The molecule has 3 rings (SSSR count). The number of hydrogen-bond donors (Lipinski definition) is 3. The lowest BCUT2D eigenvalue weighted by Crippen LogP contribution is -2.34. The van der Waals surface area contributed by atoms with E-state index in [0.717, 1.165) is 31.7 Å². The minimum Gasteiger partial charge on any atom is -0.483 e. The van der Waals surface area contributed by atoms with Crippen molar-refractivity contribution in [3.8, 4) is 0 Å². The lowest BCUT2D eigenvalue weighted by Gasteiger charge is -2.31. The molecule has 1 aliphatic heterocycles. The number of rotatable bonds is 4. The van der Waals surface area contributed by atoms with Gasteiger partial charge in [-0.3, -0.25) is 19.6 Å². The van der Waals surface area contributed by atoms with Crippen LogP contribution in [0.3, 0.4) is 0 Å². The Bertz CT molecular complexity index is 748. The van der Waals surface area contributed by atoms with Crippen molar-refractivity contribution in [2.45, 2.75) is 52.0 Å². The van der Waals surface area contributed by atoms with Crippen LogP contribution in [-0.4, -0.2) is 44.7 Å². The molecule has 3 heterocycles. The number of nitrogens with zero attached hydrogens (tertiary/aromatic N) is 2. The number of aromatic amines is 2. The van der Waals surface area contributed by atoms with E-state index in [1.165, 1.54) is 24.1 Å². The number of carboxylic acid groups (broad SMARTS) is 1. The van der Waals surface area contributed by atoms with Gasteiger partial charge in [0.05, 0.1) is 5.69 Å². The van der Waals surface area contributed by atoms with Crippen LogP contribution < -0.4 is 5.56 Å². The fourth-order valence-electron chi connectivity index (χ4n) is 3.32. The third kappa shape index (κ3) is 6.67. The molecule has 1 saturated heterocycles. The SMILES string of the molecule is CC(C)(C)c1cc(CN2CCC(Cc3ccc(=O)[nH]c3)CC2)[nH]n1.O=CO. The van der Waals surface area contributed by atoms with E-state index < -0.39 is 0 Å². The summed E-state index contributed by atoms with van der Waals surface area (Å²) in [6, 6.07) is 5.77. The summed E-state index contributed by atoms with van der Waals surface area (Å²) in [4.78, 5) is 24.8. The summed E-state index contributed by atoms with van der Waals surface area (Å²) < 4.78 is 0. The van der Waals surface area contributed by atoms with Crippen molar-refractivity contribution >= 4 is 6.47 Å². The second-order valence-electron chi connectivity index (χ2n) is 8.12. The molecule has 1 fully saturated rings. The Morgan fingerprint density at radius 2 is 1.96 bits per heavy atom. The van der Waals surface area contributed by atoms with Crippen LogP contribution in [0.5, 0.6) is 0 Å². The fourth-order valence-corrected chi connectivity index (χ4v) is 3.32. The maximum atomic E-state index is 11.1. The van der Waals surface area contributed by atoms with E-state index in [4.69, 9.17) is 9.90 Å². The van der Waals surface area contributed by atoms with Crippen LogP contribution in [0.4, 0.5) is 0 Å². The number of carbonyl (C=O) groups is 1. The van der Waals surface area contributed by atoms with Crippen molar-refractivity contribution in [3.05, 3.63) is 51.7 Å². The van der Waals surface area contributed by atoms with E-state index in [1.807, 2.05) is 12.3 Å². The quantitative estimate of drug-likeness (QED) is 0.714. The van der Waals surface area contributed by atoms with Gasteiger partial charge in [-0.05, 0) is 49.9 Å². The Morgan fingerprint density at radius 1 is 1.30 bits per heavy atom. The zero-order valence-corrected chi connectivity index (χ0v) is 16.4. The van der Waals surface area contributed by atoms with Gasteiger partial charge in [0.1, 0.15) is 0 Å². The molecule has 7 heteroatoms. The second-order valence-corrected chi connectivity index (χ2v) is 8.12. The summed E-state index contributed by atoms with van der Waals surface area (Å²) in [6.07, 6.45) is 5.33. The van der Waals surface area contributed by atoms with Crippen molar-refractivity contribution in [1.29, 1.82) is 0 Å². The Morgan fingerprint density at radius 3 is 2.48 bits per heavy atom. The summed E-state index contributed by atoms with van der Waals surface area (Å²) >= 11 is 0. The standard InChI is InChI=1S/C19H28N4O.CH2O2/c1-19(2,3)17-11-16(21-22-17)13-23-8-6-14(7-9-23)10-15-4-5-18(24)20-12-15;2-1-3/h4-5,11-12,14H,6-10,13H2,1-3H3,(H,20,24)(H,21,22);1H,(H,2,3). The molecule has 0 unspecified atom stereocenters. The molecule has 0 spiro atoms. The second kappa shape index (κ2) is 9.50. The first-order valence-electron chi connectivity index (χ1n) is 9.34. The molecule has 2 aromatic heterocycles. The van der Waals surface area contributed by atoms with Crippen molar-refractivity contribution in [3.63, 3.8) is 0 Å². The van der Waals surface area contributed by atoms with E-state index in [0.29, 0.717) is 5.92 Å². The highest BCUT2D eigenvalue weighted by atomic mass is 16.3. The number of nitrogens with one attached hydrogen (secondary N) is 2.